The first kappa shape index (κ1) is 27.3. The summed E-state index contributed by atoms with van der Waals surface area (Å²) >= 11 is 0. The van der Waals surface area contributed by atoms with Crippen LogP contribution in [0.3, 0.4) is 0 Å². The van der Waals surface area contributed by atoms with Crippen LogP contribution in [0.25, 0.3) is 0 Å². The first-order valence-corrected chi connectivity index (χ1v) is 9.20. The van der Waals surface area contributed by atoms with Gasteiger partial charge in [-0.25, -0.2) is 0 Å². The van der Waals surface area contributed by atoms with Gasteiger partial charge in [-0.05, 0) is 38.0 Å². The largest absolute Gasteiger partial charge is 0.483 e. The molecule has 1 saturated heterocycles. The fourth-order valence-electron chi connectivity index (χ4n) is 1.67. The number of ether oxygens (including phenoxy) is 2. The molecular formula is C22H40O2. The van der Waals surface area contributed by atoms with Gasteiger partial charge >= 0.3 is 0 Å². The molecular weight excluding hydrogens is 296 g/mol. The van der Waals surface area contributed by atoms with E-state index in [0.29, 0.717) is 0 Å². The van der Waals surface area contributed by atoms with Crippen LogP contribution >= 0.6 is 0 Å². The van der Waals surface area contributed by atoms with E-state index < -0.39 is 0 Å². The number of epoxide rings is 1. The SMILES string of the molecule is C=C/C=C(\C=C)C(OC(=C/C)/C(C)=C\C)C1CO1.CC.CC.CC. The summed E-state index contributed by atoms with van der Waals surface area (Å²) in [5.74, 6) is 0.884. The van der Waals surface area contributed by atoms with Crippen LogP contribution in [0, 0.1) is 0 Å². The van der Waals surface area contributed by atoms with Gasteiger partial charge in [-0.3, -0.25) is 0 Å². The van der Waals surface area contributed by atoms with E-state index in [4.69, 9.17) is 9.47 Å². The van der Waals surface area contributed by atoms with Crippen molar-refractivity contribution in [2.24, 2.45) is 0 Å². The van der Waals surface area contributed by atoms with Crippen molar-refractivity contribution in [3.8, 4) is 0 Å². The molecule has 2 nitrogen and oxygen atoms in total. The molecule has 1 heterocycles. The van der Waals surface area contributed by atoms with Gasteiger partial charge in [-0.1, -0.05) is 79.0 Å². The van der Waals surface area contributed by atoms with Gasteiger partial charge in [0, 0.05) is 0 Å². The monoisotopic (exact) mass is 336 g/mol. The van der Waals surface area contributed by atoms with Crippen LogP contribution in [0.2, 0.25) is 0 Å². The lowest BCUT2D eigenvalue weighted by Gasteiger charge is -2.21. The molecule has 0 amide bonds. The predicted molar refractivity (Wildman–Crippen MR) is 110 cm³/mol. The van der Waals surface area contributed by atoms with Crippen molar-refractivity contribution >= 4 is 0 Å². The van der Waals surface area contributed by atoms with Crippen molar-refractivity contribution in [1.29, 1.82) is 0 Å². The van der Waals surface area contributed by atoms with Gasteiger partial charge in [-0.2, -0.15) is 0 Å². The van der Waals surface area contributed by atoms with E-state index in [-0.39, 0.29) is 12.2 Å². The van der Waals surface area contributed by atoms with E-state index in [1.165, 1.54) is 0 Å². The van der Waals surface area contributed by atoms with Gasteiger partial charge < -0.3 is 9.47 Å². The van der Waals surface area contributed by atoms with Crippen molar-refractivity contribution in [2.45, 2.75) is 74.5 Å². The zero-order valence-corrected chi connectivity index (χ0v) is 17.5. The topological polar surface area (TPSA) is 21.8 Å². The highest BCUT2D eigenvalue weighted by atomic mass is 16.6. The number of hydrogen-bond acceptors (Lipinski definition) is 2. The Morgan fingerprint density at radius 3 is 1.83 bits per heavy atom. The third-order valence-corrected chi connectivity index (χ3v) is 2.91. The Morgan fingerprint density at radius 1 is 1.04 bits per heavy atom. The predicted octanol–water partition coefficient (Wildman–Crippen LogP) is 7.02. The Labute approximate surface area is 151 Å². The van der Waals surface area contributed by atoms with Crippen LogP contribution in [0.5, 0.6) is 0 Å². The summed E-state index contributed by atoms with van der Waals surface area (Å²) in [4.78, 5) is 0. The van der Waals surface area contributed by atoms with Crippen molar-refractivity contribution < 1.29 is 9.47 Å². The minimum Gasteiger partial charge on any atom is -0.483 e. The lowest BCUT2D eigenvalue weighted by molar-refractivity contribution is 0.123. The molecule has 0 saturated carbocycles. The van der Waals surface area contributed by atoms with E-state index in [1.54, 1.807) is 12.2 Å². The zero-order valence-electron chi connectivity index (χ0n) is 17.5. The first-order chi connectivity index (χ1) is 11.7. The molecule has 140 valence electrons. The van der Waals surface area contributed by atoms with Crippen molar-refractivity contribution in [3.63, 3.8) is 0 Å². The van der Waals surface area contributed by atoms with Crippen LogP contribution in [0.1, 0.15) is 62.3 Å². The van der Waals surface area contributed by atoms with Crippen LogP contribution in [0.15, 0.2) is 60.4 Å². The first-order valence-electron chi connectivity index (χ1n) is 9.20. The molecule has 1 rings (SSSR count). The molecule has 0 spiro atoms. The maximum absolute atomic E-state index is 6.06. The van der Waals surface area contributed by atoms with E-state index in [2.05, 4.69) is 13.2 Å². The molecule has 1 aliphatic rings. The molecule has 1 aliphatic heterocycles. The summed E-state index contributed by atoms with van der Waals surface area (Å²) in [6, 6.07) is 0. The summed E-state index contributed by atoms with van der Waals surface area (Å²) in [6.45, 7) is 26.3. The molecule has 0 N–H and O–H groups in total. The Balaban J connectivity index is -0.000000659. The fraction of sp³-hybridized carbons (Fsp3) is 0.545. The lowest BCUT2D eigenvalue weighted by atomic mass is 10.1. The smallest absolute Gasteiger partial charge is 0.152 e. The van der Waals surface area contributed by atoms with E-state index >= 15 is 0 Å². The maximum atomic E-state index is 6.06. The summed E-state index contributed by atoms with van der Waals surface area (Å²) in [5, 5.41) is 0. The summed E-state index contributed by atoms with van der Waals surface area (Å²) in [7, 11) is 0. The Bertz CT molecular complexity index is 396. The molecule has 0 aromatic heterocycles. The van der Waals surface area contributed by atoms with Gasteiger partial charge in [-0.15, -0.1) is 0 Å². The second-order valence-corrected chi connectivity index (χ2v) is 4.14. The molecule has 24 heavy (non-hydrogen) atoms. The third-order valence-electron chi connectivity index (χ3n) is 2.91. The van der Waals surface area contributed by atoms with Crippen molar-refractivity contribution in [2.75, 3.05) is 6.61 Å². The Kier molecular flexibility index (Phi) is 22.2. The van der Waals surface area contributed by atoms with Gasteiger partial charge in [0.15, 0.2) is 6.10 Å². The normalized spacial score (nSPS) is 17.5. The minimum absolute atomic E-state index is 0.110. The molecule has 0 radical (unpaired) electrons. The maximum Gasteiger partial charge on any atom is 0.152 e. The zero-order chi connectivity index (χ0) is 19.5. The van der Waals surface area contributed by atoms with E-state index in [1.807, 2.05) is 80.5 Å². The average Bonchev–Trinajstić information content (AvgIpc) is 3.50. The number of rotatable bonds is 7. The van der Waals surface area contributed by atoms with Crippen LogP contribution in [0.4, 0.5) is 0 Å². The standard InChI is InChI=1S/C16H22O2.3C2H6/c1-6-10-13(8-3)16(15-11-17-15)18-14(9-4)12(5)7-2;3*1-2/h6-10,15-16H,1,3,11H2,2,4-5H3;3*1-2H3/b12-7-,13-10+,14-9+;;;. The van der Waals surface area contributed by atoms with E-state index in [9.17, 15) is 0 Å². The van der Waals surface area contributed by atoms with Crippen molar-refractivity contribution in [1.82, 2.24) is 0 Å². The van der Waals surface area contributed by atoms with Crippen LogP contribution < -0.4 is 0 Å². The molecule has 2 atom stereocenters. The quantitative estimate of drug-likeness (QED) is 0.283. The van der Waals surface area contributed by atoms with Crippen LogP contribution in [-0.4, -0.2) is 18.8 Å². The second-order valence-electron chi connectivity index (χ2n) is 4.14. The van der Waals surface area contributed by atoms with Crippen molar-refractivity contribution in [3.05, 3.63) is 60.4 Å². The summed E-state index contributed by atoms with van der Waals surface area (Å²) in [5.41, 5.74) is 2.11. The van der Waals surface area contributed by atoms with Gasteiger partial charge in [0.25, 0.3) is 0 Å². The summed E-state index contributed by atoms with van der Waals surface area (Å²) in [6.07, 6.45) is 9.47. The number of allylic oxidation sites excluding steroid dienone is 5. The minimum atomic E-state index is -0.110. The molecule has 0 aromatic rings. The molecule has 1 fully saturated rings. The number of hydrogen-bond donors (Lipinski definition) is 0. The average molecular weight is 337 g/mol. The Hall–Kier alpha value is -1.54. The Morgan fingerprint density at radius 2 is 1.54 bits per heavy atom. The van der Waals surface area contributed by atoms with Gasteiger partial charge in [0.2, 0.25) is 0 Å². The van der Waals surface area contributed by atoms with Gasteiger partial charge in [0.05, 0.1) is 6.61 Å². The molecule has 2 unspecified atom stereocenters. The molecule has 0 aliphatic carbocycles. The molecule has 0 aromatic carbocycles. The van der Waals surface area contributed by atoms with E-state index in [0.717, 1.165) is 23.5 Å². The third kappa shape index (κ3) is 11.1. The van der Waals surface area contributed by atoms with Gasteiger partial charge in [0.1, 0.15) is 11.9 Å². The molecule has 0 bridgehead atoms. The highest BCUT2D eigenvalue weighted by Crippen LogP contribution is 2.28. The molecule has 2 heteroatoms. The highest BCUT2D eigenvalue weighted by molar-refractivity contribution is 5.30. The van der Waals surface area contributed by atoms with Crippen LogP contribution in [-0.2, 0) is 9.47 Å². The fourth-order valence-corrected chi connectivity index (χ4v) is 1.67. The lowest BCUT2D eigenvalue weighted by Crippen LogP contribution is -2.22. The highest BCUT2D eigenvalue weighted by Gasteiger charge is 2.36. The summed E-state index contributed by atoms with van der Waals surface area (Å²) < 4.78 is 11.4. The second kappa shape index (κ2) is 19.5.